The van der Waals surface area contributed by atoms with E-state index < -0.39 is 0 Å². The molecule has 3 rings (SSSR count). The second-order valence-corrected chi connectivity index (χ2v) is 5.09. The van der Waals surface area contributed by atoms with Crippen LogP contribution in [-0.2, 0) is 0 Å². The summed E-state index contributed by atoms with van der Waals surface area (Å²) in [6.45, 7) is 3.90. The Hall–Kier alpha value is -1.63. The zero-order valence-electron chi connectivity index (χ0n) is 9.51. The molecular weight excluding hydrogens is 238 g/mol. The molecule has 90 valence electrons. The third kappa shape index (κ3) is 1.86. The van der Waals surface area contributed by atoms with E-state index in [4.69, 9.17) is 10.3 Å². The van der Waals surface area contributed by atoms with Crippen molar-refractivity contribution in [3.05, 3.63) is 5.69 Å². The van der Waals surface area contributed by atoms with E-state index >= 15 is 0 Å². The first-order valence-corrected chi connectivity index (χ1v) is 6.37. The first-order chi connectivity index (χ1) is 8.24. The Balaban J connectivity index is 1.91. The van der Waals surface area contributed by atoms with E-state index in [0.717, 1.165) is 23.7 Å². The average Bonchev–Trinajstić information content (AvgIpc) is 2.97. The number of nitrogens with two attached hydrogens (primary N) is 1. The van der Waals surface area contributed by atoms with Crippen molar-refractivity contribution in [2.75, 3.05) is 23.7 Å². The maximum Gasteiger partial charge on any atom is 0.271 e. The summed E-state index contributed by atoms with van der Waals surface area (Å²) in [5.74, 6) is 1.18. The second kappa shape index (κ2) is 3.99. The van der Waals surface area contributed by atoms with Crippen molar-refractivity contribution in [2.45, 2.75) is 19.8 Å². The lowest BCUT2D eigenvalue weighted by atomic mass is 10.4. The van der Waals surface area contributed by atoms with Gasteiger partial charge in [-0.25, -0.2) is 4.98 Å². The van der Waals surface area contributed by atoms with Gasteiger partial charge in [-0.05, 0) is 24.9 Å². The quantitative estimate of drug-likeness (QED) is 0.874. The smallest absolute Gasteiger partial charge is 0.271 e. The number of hydrogen-bond acceptors (Lipinski definition) is 7. The zero-order chi connectivity index (χ0) is 11.8. The Morgan fingerprint density at radius 3 is 2.71 bits per heavy atom. The molecule has 2 N–H and O–H groups in total. The third-order valence-electron chi connectivity index (χ3n) is 2.81. The Kier molecular flexibility index (Phi) is 2.47. The molecule has 0 bridgehead atoms. The van der Waals surface area contributed by atoms with Crippen LogP contribution in [0.15, 0.2) is 4.52 Å². The number of hydrogen-bond donors (Lipinski definition) is 1. The summed E-state index contributed by atoms with van der Waals surface area (Å²) in [4.78, 5) is 11.5. The lowest BCUT2D eigenvalue weighted by Gasteiger charge is -2.09. The molecule has 0 unspecified atom stereocenters. The van der Waals surface area contributed by atoms with E-state index in [9.17, 15) is 0 Å². The highest BCUT2D eigenvalue weighted by molar-refractivity contribution is 7.18. The lowest BCUT2D eigenvalue weighted by Crippen LogP contribution is -2.18. The second-order valence-electron chi connectivity index (χ2n) is 4.06. The highest BCUT2D eigenvalue weighted by Gasteiger charge is 2.20. The Labute approximate surface area is 102 Å². The molecule has 0 atom stereocenters. The molecule has 0 aliphatic carbocycles. The number of rotatable bonds is 2. The number of aryl methyl sites for hydroxylation is 1. The summed E-state index contributed by atoms with van der Waals surface area (Å²) in [5, 5.41) is 4.53. The maximum absolute atomic E-state index is 5.65. The topological polar surface area (TPSA) is 81.1 Å². The van der Waals surface area contributed by atoms with Gasteiger partial charge in [0, 0.05) is 13.1 Å². The lowest BCUT2D eigenvalue weighted by molar-refractivity contribution is 0.430. The van der Waals surface area contributed by atoms with Gasteiger partial charge in [0.1, 0.15) is 4.88 Å². The number of nitrogens with zero attached hydrogens (tertiary/aromatic N) is 4. The number of anilines is 2. The minimum absolute atomic E-state index is 0.513. The van der Waals surface area contributed by atoms with E-state index in [2.05, 4.69) is 20.0 Å². The summed E-state index contributed by atoms with van der Waals surface area (Å²) >= 11 is 1.38. The SMILES string of the molecule is Cc1nc(N)sc1-c1nc(N2CCCC2)no1. The molecule has 1 aliphatic rings. The van der Waals surface area contributed by atoms with Gasteiger partial charge in [0.2, 0.25) is 0 Å². The predicted molar refractivity (Wildman–Crippen MR) is 66.0 cm³/mol. The molecule has 0 spiro atoms. The van der Waals surface area contributed by atoms with Crippen LogP contribution >= 0.6 is 11.3 Å². The summed E-state index contributed by atoms with van der Waals surface area (Å²) in [7, 11) is 0. The van der Waals surface area contributed by atoms with Crippen LogP contribution in [0, 0.1) is 6.92 Å². The Morgan fingerprint density at radius 2 is 2.06 bits per heavy atom. The molecule has 1 aliphatic heterocycles. The molecule has 3 heterocycles. The summed E-state index contributed by atoms with van der Waals surface area (Å²) in [5.41, 5.74) is 6.49. The van der Waals surface area contributed by atoms with Crippen molar-refractivity contribution >= 4 is 22.4 Å². The molecule has 2 aromatic heterocycles. The van der Waals surface area contributed by atoms with Crippen molar-refractivity contribution < 1.29 is 4.52 Å². The monoisotopic (exact) mass is 251 g/mol. The van der Waals surface area contributed by atoms with Crippen LogP contribution in [0.4, 0.5) is 11.1 Å². The van der Waals surface area contributed by atoms with E-state index in [0.29, 0.717) is 17.0 Å². The summed E-state index contributed by atoms with van der Waals surface area (Å²) in [6.07, 6.45) is 2.38. The van der Waals surface area contributed by atoms with Crippen LogP contribution in [0.25, 0.3) is 10.8 Å². The molecule has 0 amide bonds. The van der Waals surface area contributed by atoms with Crippen LogP contribution in [0.3, 0.4) is 0 Å². The molecule has 0 radical (unpaired) electrons. The van der Waals surface area contributed by atoms with Gasteiger partial charge in [0.05, 0.1) is 5.69 Å². The van der Waals surface area contributed by atoms with E-state index in [1.54, 1.807) is 0 Å². The molecule has 7 heteroatoms. The fraction of sp³-hybridized carbons (Fsp3) is 0.500. The van der Waals surface area contributed by atoms with Crippen molar-refractivity contribution in [2.24, 2.45) is 0 Å². The van der Waals surface area contributed by atoms with Gasteiger partial charge in [-0.3, -0.25) is 0 Å². The predicted octanol–water partition coefficient (Wildman–Crippen LogP) is 1.68. The van der Waals surface area contributed by atoms with Crippen molar-refractivity contribution in [1.29, 1.82) is 0 Å². The Bertz CT molecular complexity index is 529. The molecule has 0 saturated carbocycles. The first-order valence-electron chi connectivity index (χ1n) is 5.56. The van der Waals surface area contributed by atoms with Crippen LogP contribution in [0.2, 0.25) is 0 Å². The van der Waals surface area contributed by atoms with Gasteiger partial charge < -0.3 is 15.2 Å². The van der Waals surface area contributed by atoms with Crippen molar-refractivity contribution in [1.82, 2.24) is 15.1 Å². The highest BCUT2D eigenvalue weighted by Crippen LogP contribution is 2.31. The summed E-state index contributed by atoms with van der Waals surface area (Å²) < 4.78 is 5.27. The summed E-state index contributed by atoms with van der Waals surface area (Å²) in [6, 6.07) is 0. The minimum atomic E-state index is 0.513. The standard InChI is InChI=1S/C10H13N5OS/c1-6-7(17-9(11)12-6)8-13-10(14-16-8)15-4-2-3-5-15/h2-5H2,1H3,(H2,11,12). The Morgan fingerprint density at radius 1 is 1.29 bits per heavy atom. The van der Waals surface area contributed by atoms with Gasteiger partial charge in [-0.15, -0.1) is 0 Å². The average molecular weight is 251 g/mol. The fourth-order valence-electron chi connectivity index (χ4n) is 1.97. The molecule has 2 aromatic rings. The fourth-order valence-corrected chi connectivity index (χ4v) is 2.72. The van der Waals surface area contributed by atoms with Gasteiger partial charge >= 0.3 is 0 Å². The molecule has 17 heavy (non-hydrogen) atoms. The molecule has 0 aromatic carbocycles. The molecule has 6 nitrogen and oxygen atoms in total. The van der Waals surface area contributed by atoms with Gasteiger partial charge in [-0.2, -0.15) is 4.98 Å². The largest absolute Gasteiger partial charge is 0.375 e. The normalized spacial score (nSPS) is 15.7. The molecule has 1 fully saturated rings. The van der Waals surface area contributed by atoms with Gasteiger partial charge in [-0.1, -0.05) is 11.3 Å². The van der Waals surface area contributed by atoms with Crippen molar-refractivity contribution in [3.8, 4) is 10.8 Å². The van der Waals surface area contributed by atoms with Gasteiger partial charge in [0.25, 0.3) is 11.8 Å². The van der Waals surface area contributed by atoms with Crippen LogP contribution in [0.1, 0.15) is 18.5 Å². The van der Waals surface area contributed by atoms with Crippen molar-refractivity contribution in [3.63, 3.8) is 0 Å². The maximum atomic E-state index is 5.65. The zero-order valence-corrected chi connectivity index (χ0v) is 10.3. The van der Waals surface area contributed by atoms with Gasteiger partial charge in [0.15, 0.2) is 5.13 Å². The van der Waals surface area contributed by atoms with Crippen LogP contribution in [-0.4, -0.2) is 28.2 Å². The highest BCUT2D eigenvalue weighted by atomic mass is 32.1. The van der Waals surface area contributed by atoms with Crippen LogP contribution in [0.5, 0.6) is 0 Å². The van der Waals surface area contributed by atoms with E-state index in [-0.39, 0.29) is 0 Å². The number of thiazole rings is 1. The molecule has 1 saturated heterocycles. The molecular formula is C10H13N5OS. The first kappa shape index (κ1) is 10.5. The minimum Gasteiger partial charge on any atom is -0.375 e. The third-order valence-corrected chi connectivity index (χ3v) is 3.79. The van der Waals surface area contributed by atoms with E-state index in [1.165, 1.54) is 24.2 Å². The number of aromatic nitrogens is 3. The van der Waals surface area contributed by atoms with Crippen LogP contribution < -0.4 is 10.6 Å². The van der Waals surface area contributed by atoms with E-state index in [1.807, 2.05) is 6.92 Å². The number of nitrogen functional groups attached to an aromatic ring is 1.